The first-order valence-corrected chi connectivity index (χ1v) is 6.92. The van der Waals surface area contributed by atoms with Crippen molar-refractivity contribution in [1.82, 2.24) is 0 Å². The first-order chi connectivity index (χ1) is 7.20. The van der Waals surface area contributed by atoms with Gasteiger partial charge in [0, 0.05) is 11.2 Å². The molecule has 90 valence electrons. The largest absolute Gasteiger partial charge is 0.466 e. The summed E-state index contributed by atoms with van der Waals surface area (Å²) in [6.45, 7) is 4.54. The maximum atomic E-state index is 11.1. The van der Waals surface area contributed by atoms with Crippen LogP contribution in [0.4, 0.5) is 0 Å². The summed E-state index contributed by atoms with van der Waals surface area (Å²) in [7, 11) is 0. The first kappa shape index (κ1) is 14.9. The fourth-order valence-corrected chi connectivity index (χ4v) is 2.00. The molecule has 0 aliphatic heterocycles. The number of esters is 1. The molecular weight excluding hydrogens is 256 g/mol. The third kappa shape index (κ3) is 10.2. The minimum atomic E-state index is -0.0736. The van der Waals surface area contributed by atoms with E-state index in [0.29, 0.717) is 17.9 Å². The number of hydrogen-bond acceptors (Lipinski definition) is 2. The van der Waals surface area contributed by atoms with Crippen LogP contribution in [0, 0.1) is 0 Å². The van der Waals surface area contributed by atoms with Crippen molar-refractivity contribution in [2.75, 3.05) is 6.61 Å². The van der Waals surface area contributed by atoms with Crippen LogP contribution in [-0.4, -0.2) is 17.4 Å². The zero-order valence-electron chi connectivity index (χ0n) is 9.93. The van der Waals surface area contributed by atoms with E-state index in [1.165, 1.54) is 32.1 Å². The summed E-state index contributed by atoms with van der Waals surface area (Å²) in [6.07, 6.45) is 7.75. The van der Waals surface area contributed by atoms with Gasteiger partial charge in [0.25, 0.3) is 0 Å². The lowest BCUT2D eigenvalue weighted by atomic mass is 10.1. The van der Waals surface area contributed by atoms with Crippen LogP contribution in [0.5, 0.6) is 0 Å². The van der Waals surface area contributed by atoms with Crippen molar-refractivity contribution >= 4 is 21.9 Å². The number of carbonyl (C=O) groups is 1. The quantitative estimate of drug-likeness (QED) is 0.361. The average molecular weight is 279 g/mol. The predicted molar refractivity (Wildman–Crippen MR) is 67.3 cm³/mol. The van der Waals surface area contributed by atoms with Gasteiger partial charge in [0.15, 0.2) is 0 Å². The molecule has 0 amide bonds. The Morgan fingerprint density at radius 3 is 2.53 bits per heavy atom. The predicted octanol–water partition coefficient (Wildman–Crippen LogP) is 4.06. The van der Waals surface area contributed by atoms with Gasteiger partial charge in [0.1, 0.15) is 0 Å². The Morgan fingerprint density at radius 1 is 1.20 bits per heavy atom. The standard InChI is InChI=1S/C12H23BrO2/c1-3-5-6-7-8-11(13)9-10-12(14)15-4-2/h11H,3-10H2,1-2H3. The molecule has 1 unspecified atom stereocenters. The van der Waals surface area contributed by atoms with Crippen molar-refractivity contribution in [3.05, 3.63) is 0 Å². The summed E-state index contributed by atoms with van der Waals surface area (Å²) >= 11 is 3.60. The molecule has 0 rings (SSSR count). The average Bonchev–Trinajstić information content (AvgIpc) is 2.22. The van der Waals surface area contributed by atoms with E-state index in [2.05, 4.69) is 22.9 Å². The van der Waals surface area contributed by atoms with E-state index in [4.69, 9.17) is 4.74 Å². The molecule has 0 aromatic heterocycles. The number of halogens is 1. The highest BCUT2D eigenvalue weighted by molar-refractivity contribution is 9.09. The molecule has 15 heavy (non-hydrogen) atoms. The normalized spacial score (nSPS) is 12.5. The zero-order chi connectivity index (χ0) is 11.5. The highest BCUT2D eigenvalue weighted by Crippen LogP contribution is 2.17. The van der Waals surface area contributed by atoms with Crippen molar-refractivity contribution < 1.29 is 9.53 Å². The van der Waals surface area contributed by atoms with Crippen LogP contribution in [0.25, 0.3) is 0 Å². The molecule has 0 heterocycles. The third-order valence-electron chi connectivity index (χ3n) is 2.34. The van der Waals surface area contributed by atoms with Gasteiger partial charge in [-0.1, -0.05) is 48.5 Å². The Morgan fingerprint density at radius 2 is 1.93 bits per heavy atom. The third-order valence-corrected chi connectivity index (χ3v) is 3.25. The molecule has 0 radical (unpaired) electrons. The van der Waals surface area contributed by atoms with Crippen LogP contribution in [0.1, 0.15) is 58.8 Å². The van der Waals surface area contributed by atoms with Crippen molar-refractivity contribution in [3.63, 3.8) is 0 Å². The summed E-state index contributed by atoms with van der Waals surface area (Å²) < 4.78 is 4.88. The summed E-state index contributed by atoms with van der Waals surface area (Å²) in [6, 6.07) is 0. The van der Waals surface area contributed by atoms with Gasteiger partial charge in [-0.25, -0.2) is 0 Å². The molecule has 0 aromatic rings. The molecule has 3 heteroatoms. The SMILES string of the molecule is CCCCCCC(Br)CCC(=O)OCC. The van der Waals surface area contributed by atoms with Crippen LogP contribution in [0.2, 0.25) is 0 Å². The van der Waals surface area contributed by atoms with Gasteiger partial charge in [-0.2, -0.15) is 0 Å². The molecule has 0 saturated carbocycles. The van der Waals surface area contributed by atoms with Gasteiger partial charge in [0.05, 0.1) is 6.61 Å². The summed E-state index contributed by atoms with van der Waals surface area (Å²) in [4.78, 5) is 11.6. The Kier molecular flexibility index (Phi) is 10.4. The van der Waals surface area contributed by atoms with E-state index in [1.807, 2.05) is 6.92 Å². The van der Waals surface area contributed by atoms with Gasteiger partial charge in [0.2, 0.25) is 0 Å². The van der Waals surface area contributed by atoms with E-state index >= 15 is 0 Å². The van der Waals surface area contributed by atoms with Crippen LogP contribution < -0.4 is 0 Å². The number of rotatable bonds is 9. The monoisotopic (exact) mass is 278 g/mol. The lowest BCUT2D eigenvalue weighted by Gasteiger charge is -2.08. The molecule has 1 atom stereocenters. The minimum absolute atomic E-state index is 0.0736. The van der Waals surface area contributed by atoms with Crippen molar-refractivity contribution in [2.45, 2.75) is 63.6 Å². The van der Waals surface area contributed by atoms with Crippen molar-refractivity contribution in [2.24, 2.45) is 0 Å². The van der Waals surface area contributed by atoms with E-state index in [-0.39, 0.29) is 5.97 Å². The van der Waals surface area contributed by atoms with Gasteiger partial charge >= 0.3 is 5.97 Å². The molecule has 0 bridgehead atoms. The number of ether oxygens (including phenoxy) is 1. The molecule has 0 saturated heterocycles. The Hall–Kier alpha value is -0.0500. The Labute approximate surface area is 102 Å². The Balaban J connectivity index is 3.32. The molecular formula is C12H23BrO2. The first-order valence-electron chi connectivity index (χ1n) is 6.00. The van der Waals surface area contributed by atoms with E-state index in [9.17, 15) is 4.79 Å². The summed E-state index contributed by atoms with van der Waals surface area (Å²) in [5.41, 5.74) is 0. The number of hydrogen-bond donors (Lipinski definition) is 0. The number of carbonyl (C=O) groups excluding carboxylic acids is 1. The van der Waals surface area contributed by atoms with Gasteiger partial charge in [-0.05, 0) is 19.8 Å². The maximum Gasteiger partial charge on any atom is 0.305 e. The molecule has 0 N–H and O–H groups in total. The molecule has 0 fully saturated rings. The van der Waals surface area contributed by atoms with Crippen LogP contribution in [0.15, 0.2) is 0 Å². The summed E-state index contributed by atoms with van der Waals surface area (Å²) in [5, 5.41) is 0. The van der Waals surface area contributed by atoms with E-state index in [0.717, 1.165) is 6.42 Å². The van der Waals surface area contributed by atoms with Crippen molar-refractivity contribution in [3.8, 4) is 0 Å². The topological polar surface area (TPSA) is 26.3 Å². The fourth-order valence-electron chi connectivity index (χ4n) is 1.44. The van der Waals surface area contributed by atoms with Gasteiger partial charge in [-0.3, -0.25) is 4.79 Å². The number of unbranched alkanes of at least 4 members (excludes halogenated alkanes) is 3. The molecule has 0 aliphatic rings. The molecule has 0 spiro atoms. The Bertz CT molecular complexity index is 160. The van der Waals surface area contributed by atoms with Gasteiger partial charge in [-0.15, -0.1) is 0 Å². The van der Waals surface area contributed by atoms with Crippen LogP contribution >= 0.6 is 15.9 Å². The second-order valence-corrected chi connectivity index (χ2v) is 5.09. The lowest BCUT2D eigenvalue weighted by molar-refractivity contribution is -0.143. The zero-order valence-corrected chi connectivity index (χ0v) is 11.5. The smallest absolute Gasteiger partial charge is 0.305 e. The number of alkyl halides is 1. The maximum absolute atomic E-state index is 11.1. The van der Waals surface area contributed by atoms with E-state index in [1.54, 1.807) is 0 Å². The van der Waals surface area contributed by atoms with E-state index < -0.39 is 0 Å². The minimum Gasteiger partial charge on any atom is -0.466 e. The highest BCUT2D eigenvalue weighted by atomic mass is 79.9. The van der Waals surface area contributed by atoms with Gasteiger partial charge < -0.3 is 4.74 Å². The second kappa shape index (κ2) is 10.5. The molecule has 2 nitrogen and oxygen atoms in total. The lowest BCUT2D eigenvalue weighted by Crippen LogP contribution is -2.07. The summed E-state index contributed by atoms with van der Waals surface area (Å²) in [5.74, 6) is -0.0736. The highest BCUT2D eigenvalue weighted by Gasteiger charge is 2.08. The fraction of sp³-hybridized carbons (Fsp3) is 0.917. The van der Waals surface area contributed by atoms with Crippen LogP contribution in [0.3, 0.4) is 0 Å². The second-order valence-electron chi connectivity index (χ2n) is 3.79. The molecule has 0 aromatic carbocycles. The van der Waals surface area contributed by atoms with Crippen LogP contribution in [-0.2, 0) is 9.53 Å². The van der Waals surface area contributed by atoms with Crippen molar-refractivity contribution in [1.29, 1.82) is 0 Å². The molecule has 0 aliphatic carbocycles.